The number of nitrogens with zero attached hydrogens (tertiary/aromatic N) is 1. The van der Waals surface area contributed by atoms with Gasteiger partial charge in [0.15, 0.2) is 0 Å². The van der Waals surface area contributed by atoms with Crippen molar-refractivity contribution in [1.82, 2.24) is 10.2 Å². The predicted octanol–water partition coefficient (Wildman–Crippen LogP) is 1.78. The standard InChI is InChI=1S/C14H21N3O2/c1-15-14(19)16-12-10-11(4-5-13(12)18)6-9-17-7-2-3-8-17/h4-5,10,18H,2-3,6-9H2,1H3,(H2,15,16,19). The molecule has 1 heterocycles. The number of urea groups is 1. The predicted molar refractivity (Wildman–Crippen MR) is 75.6 cm³/mol. The molecule has 1 fully saturated rings. The summed E-state index contributed by atoms with van der Waals surface area (Å²) in [7, 11) is 1.55. The van der Waals surface area contributed by atoms with Crippen molar-refractivity contribution >= 4 is 11.7 Å². The van der Waals surface area contributed by atoms with Gasteiger partial charge in [0.05, 0.1) is 5.69 Å². The van der Waals surface area contributed by atoms with E-state index in [9.17, 15) is 9.90 Å². The number of likely N-dealkylation sites (tertiary alicyclic amines) is 1. The molecule has 3 N–H and O–H groups in total. The minimum Gasteiger partial charge on any atom is -0.506 e. The number of aromatic hydroxyl groups is 1. The third kappa shape index (κ3) is 3.86. The molecule has 1 aliphatic rings. The molecule has 0 radical (unpaired) electrons. The van der Waals surface area contributed by atoms with Crippen LogP contribution in [0.25, 0.3) is 0 Å². The summed E-state index contributed by atoms with van der Waals surface area (Å²) < 4.78 is 0. The Morgan fingerprint density at radius 3 is 2.79 bits per heavy atom. The molecule has 0 unspecified atom stereocenters. The molecule has 2 amide bonds. The van der Waals surface area contributed by atoms with Gasteiger partial charge in [-0.2, -0.15) is 0 Å². The maximum Gasteiger partial charge on any atom is 0.319 e. The quantitative estimate of drug-likeness (QED) is 0.726. The van der Waals surface area contributed by atoms with Crippen LogP contribution in [-0.4, -0.2) is 42.7 Å². The van der Waals surface area contributed by atoms with E-state index in [0.29, 0.717) is 5.69 Å². The monoisotopic (exact) mass is 263 g/mol. The molecular formula is C14H21N3O2. The lowest BCUT2D eigenvalue weighted by Gasteiger charge is -2.15. The molecule has 104 valence electrons. The third-order valence-corrected chi connectivity index (χ3v) is 3.45. The van der Waals surface area contributed by atoms with Gasteiger partial charge in [0, 0.05) is 13.6 Å². The molecule has 0 atom stereocenters. The van der Waals surface area contributed by atoms with Crippen LogP contribution in [0.15, 0.2) is 18.2 Å². The van der Waals surface area contributed by atoms with Crippen molar-refractivity contribution in [3.05, 3.63) is 23.8 Å². The Balaban J connectivity index is 1.96. The highest BCUT2D eigenvalue weighted by Crippen LogP contribution is 2.24. The molecule has 1 aliphatic heterocycles. The van der Waals surface area contributed by atoms with E-state index < -0.39 is 0 Å². The summed E-state index contributed by atoms with van der Waals surface area (Å²) in [5.74, 6) is 0.0912. The van der Waals surface area contributed by atoms with E-state index in [2.05, 4.69) is 15.5 Å². The normalized spacial score (nSPS) is 15.4. The minimum atomic E-state index is -0.327. The number of rotatable bonds is 4. The number of anilines is 1. The van der Waals surface area contributed by atoms with E-state index in [-0.39, 0.29) is 11.8 Å². The molecule has 1 aromatic rings. The lowest BCUT2D eigenvalue weighted by molar-refractivity contribution is 0.254. The fourth-order valence-electron chi connectivity index (χ4n) is 2.32. The van der Waals surface area contributed by atoms with Gasteiger partial charge in [-0.3, -0.25) is 0 Å². The topological polar surface area (TPSA) is 64.6 Å². The SMILES string of the molecule is CNC(=O)Nc1cc(CCN2CCCC2)ccc1O. The molecule has 0 bridgehead atoms. The molecule has 0 saturated carbocycles. The van der Waals surface area contributed by atoms with Crippen molar-refractivity contribution in [3.63, 3.8) is 0 Å². The zero-order valence-corrected chi connectivity index (χ0v) is 11.3. The van der Waals surface area contributed by atoms with Crippen LogP contribution < -0.4 is 10.6 Å². The molecule has 0 aliphatic carbocycles. The first-order valence-electron chi connectivity index (χ1n) is 6.72. The molecule has 0 aromatic heterocycles. The number of benzene rings is 1. The van der Waals surface area contributed by atoms with Gasteiger partial charge >= 0.3 is 6.03 Å². The Bertz CT molecular complexity index is 442. The smallest absolute Gasteiger partial charge is 0.319 e. The summed E-state index contributed by atoms with van der Waals surface area (Å²) >= 11 is 0. The van der Waals surface area contributed by atoms with E-state index in [1.807, 2.05) is 12.1 Å². The molecule has 1 saturated heterocycles. The number of phenolic OH excluding ortho intramolecular Hbond substituents is 1. The van der Waals surface area contributed by atoms with Gasteiger partial charge < -0.3 is 20.6 Å². The minimum absolute atomic E-state index is 0.0912. The van der Waals surface area contributed by atoms with Crippen LogP contribution in [0.1, 0.15) is 18.4 Å². The fourth-order valence-corrected chi connectivity index (χ4v) is 2.32. The number of amides is 2. The van der Waals surface area contributed by atoms with Gasteiger partial charge in [0.1, 0.15) is 5.75 Å². The second kappa shape index (κ2) is 6.43. The summed E-state index contributed by atoms with van der Waals surface area (Å²) in [4.78, 5) is 13.7. The van der Waals surface area contributed by atoms with Crippen molar-refractivity contribution in [2.45, 2.75) is 19.3 Å². The van der Waals surface area contributed by atoms with Crippen LogP contribution in [0.2, 0.25) is 0 Å². The number of hydrogen-bond donors (Lipinski definition) is 3. The lowest BCUT2D eigenvalue weighted by atomic mass is 10.1. The van der Waals surface area contributed by atoms with Crippen LogP contribution in [0, 0.1) is 0 Å². The zero-order valence-electron chi connectivity index (χ0n) is 11.3. The average molecular weight is 263 g/mol. The first-order chi connectivity index (χ1) is 9.19. The Kier molecular flexibility index (Phi) is 4.63. The van der Waals surface area contributed by atoms with Gasteiger partial charge in [-0.25, -0.2) is 4.79 Å². The lowest BCUT2D eigenvalue weighted by Crippen LogP contribution is -2.24. The van der Waals surface area contributed by atoms with Crippen molar-refractivity contribution in [2.24, 2.45) is 0 Å². The number of hydrogen-bond acceptors (Lipinski definition) is 3. The maximum absolute atomic E-state index is 11.3. The van der Waals surface area contributed by atoms with Crippen molar-refractivity contribution < 1.29 is 9.90 Å². The van der Waals surface area contributed by atoms with Crippen molar-refractivity contribution in [3.8, 4) is 5.75 Å². The summed E-state index contributed by atoms with van der Waals surface area (Å²) in [5, 5.41) is 14.8. The van der Waals surface area contributed by atoms with Crippen LogP contribution >= 0.6 is 0 Å². The molecule has 5 heteroatoms. The maximum atomic E-state index is 11.3. The van der Waals surface area contributed by atoms with E-state index in [4.69, 9.17) is 0 Å². The van der Waals surface area contributed by atoms with E-state index in [1.54, 1.807) is 13.1 Å². The van der Waals surface area contributed by atoms with Crippen LogP contribution in [0.5, 0.6) is 5.75 Å². The summed E-state index contributed by atoms with van der Waals surface area (Å²) in [6, 6.07) is 5.04. The Morgan fingerprint density at radius 1 is 1.37 bits per heavy atom. The number of carbonyl (C=O) groups excluding carboxylic acids is 1. The highest BCUT2D eigenvalue weighted by atomic mass is 16.3. The molecule has 1 aromatic carbocycles. The third-order valence-electron chi connectivity index (χ3n) is 3.45. The highest BCUT2D eigenvalue weighted by molar-refractivity contribution is 5.90. The van der Waals surface area contributed by atoms with Crippen LogP contribution in [-0.2, 0) is 6.42 Å². The second-order valence-corrected chi connectivity index (χ2v) is 4.85. The molecule has 5 nitrogen and oxygen atoms in total. The first-order valence-corrected chi connectivity index (χ1v) is 6.72. The van der Waals surface area contributed by atoms with Gasteiger partial charge in [-0.05, 0) is 50.0 Å². The van der Waals surface area contributed by atoms with E-state index in [1.165, 1.54) is 25.9 Å². The van der Waals surface area contributed by atoms with Crippen molar-refractivity contribution in [2.75, 3.05) is 32.0 Å². The zero-order chi connectivity index (χ0) is 13.7. The Labute approximate surface area is 113 Å². The van der Waals surface area contributed by atoms with Gasteiger partial charge in [0.2, 0.25) is 0 Å². The fraction of sp³-hybridized carbons (Fsp3) is 0.500. The Morgan fingerprint density at radius 2 is 2.11 bits per heavy atom. The van der Waals surface area contributed by atoms with Gasteiger partial charge in [0.25, 0.3) is 0 Å². The molecule has 19 heavy (non-hydrogen) atoms. The molecule has 0 spiro atoms. The summed E-state index contributed by atoms with van der Waals surface area (Å²) in [5.41, 5.74) is 1.58. The van der Waals surface area contributed by atoms with E-state index in [0.717, 1.165) is 18.5 Å². The number of phenols is 1. The second-order valence-electron chi connectivity index (χ2n) is 4.85. The first kappa shape index (κ1) is 13.7. The highest BCUT2D eigenvalue weighted by Gasteiger charge is 2.12. The molecule has 2 rings (SSSR count). The van der Waals surface area contributed by atoms with Crippen LogP contribution in [0.3, 0.4) is 0 Å². The van der Waals surface area contributed by atoms with Gasteiger partial charge in [-0.15, -0.1) is 0 Å². The van der Waals surface area contributed by atoms with Crippen LogP contribution in [0.4, 0.5) is 10.5 Å². The number of carbonyl (C=O) groups is 1. The number of nitrogens with one attached hydrogen (secondary N) is 2. The summed E-state index contributed by atoms with van der Waals surface area (Å²) in [6.07, 6.45) is 3.51. The van der Waals surface area contributed by atoms with Crippen molar-refractivity contribution in [1.29, 1.82) is 0 Å². The largest absolute Gasteiger partial charge is 0.506 e. The summed E-state index contributed by atoms with van der Waals surface area (Å²) in [6.45, 7) is 3.40. The van der Waals surface area contributed by atoms with Gasteiger partial charge in [-0.1, -0.05) is 6.07 Å². The Hall–Kier alpha value is -1.75. The van der Waals surface area contributed by atoms with E-state index >= 15 is 0 Å². The average Bonchev–Trinajstić information content (AvgIpc) is 2.92. The molecular weight excluding hydrogens is 242 g/mol.